The van der Waals surface area contributed by atoms with E-state index >= 15 is 0 Å². The first-order valence-corrected chi connectivity index (χ1v) is 6.74. The van der Waals surface area contributed by atoms with E-state index in [0.29, 0.717) is 13.1 Å². The summed E-state index contributed by atoms with van der Waals surface area (Å²) in [5.74, 6) is -0.865. The van der Waals surface area contributed by atoms with Gasteiger partial charge in [-0.15, -0.1) is 0 Å². The Hall–Kier alpha value is -1.26. The first kappa shape index (κ1) is 14.8. The predicted molar refractivity (Wildman–Crippen MR) is 69.4 cm³/mol. The van der Waals surface area contributed by atoms with E-state index in [1.807, 2.05) is 27.7 Å². The molecule has 1 aliphatic heterocycles. The highest BCUT2D eigenvalue weighted by molar-refractivity contribution is 5.83. The Morgan fingerprint density at radius 2 is 2.06 bits per heavy atom. The van der Waals surface area contributed by atoms with Crippen molar-refractivity contribution >= 4 is 12.0 Å². The minimum absolute atomic E-state index is 0.0297. The van der Waals surface area contributed by atoms with Crippen molar-refractivity contribution in [3.8, 4) is 0 Å². The third kappa shape index (κ3) is 2.76. The third-order valence-electron chi connectivity index (χ3n) is 3.91. The number of amides is 2. The van der Waals surface area contributed by atoms with Crippen molar-refractivity contribution in [3.63, 3.8) is 0 Å². The number of carboxylic acid groups (broad SMARTS) is 1. The van der Waals surface area contributed by atoms with Crippen LogP contribution in [0, 0.1) is 5.92 Å². The maximum Gasteiger partial charge on any atom is 0.326 e. The molecule has 0 radical (unpaired) electrons. The van der Waals surface area contributed by atoms with Crippen LogP contribution in [-0.4, -0.2) is 52.1 Å². The molecule has 104 valence electrons. The molecule has 3 unspecified atom stereocenters. The van der Waals surface area contributed by atoms with Gasteiger partial charge in [0.1, 0.15) is 6.04 Å². The number of likely N-dealkylation sites (tertiary alicyclic amines) is 1. The van der Waals surface area contributed by atoms with E-state index in [9.17, 15) is 14.7 Å². The fourth-order valence-corrected chi connectivity index (χ4v) is 2.56. The van der Waals surface area contributed by atoms with Crippen molar-refractivity contribution in [2.75, 3.05) is 13.1 Å². The Morgan fingerprint density at radius 3 is 2.50 bits per heavy atom. The average molecular weight is 256 g/mol. The molecule has 0 aliphatic carbocycles. The summed E-state index contributed by atoms with van der Waals surface area (Å²) in [6, 6.07) is -0.660. The van der Waals surface area contributed by atoms with Crippen LogP contribution < -0.4 is 0 Å². The third-order valence-corrected chi connectivity index (χ3v) is 3.91. The Morgan fingerprint density at radius 1 is 1.44 bits per heavy atom. The Bertz CT molecular complexity index is 319. The van der Waals surface area contributed by atoms with Crippen molar-refractivity contribution < 1.29 is 14.7 Å². The maximum absolute atomic E-state index is 12.4. The second-order valence-electron chi connectivity index (χ2n) is 5.07. The number of carbonyl (C=O) groups excluding carboxylic acids is 1. The lowest BCUT2D eigenvalue weighted by atomic mass is 10.0. The Labute approximate surface area is 109 Å². The molecule has 0 saturated carbocycles. The van der Waals surface area contributed by atoms with Gasteiger partial charge in [0.2, 0.25) is 0 Å². The summed E-state index contributed by atoms with van der Waals surface area (Å²) in [6.45, 7) is 9.01. The van der Waals surface area contributed by atoms with Crippen LogP contribution in [0.5, 0.6) is 0 Å². The Kier molecular flexibility index (Phi) is 4.99. The molecule has 2 amide bonds. The summed E-state index contributed by atoms with van der Waals surface area (Å²) in [5, 5.41) is 9.24. The van der Waals surface area contributed by atoms with E-state index in [0.717, 1.165) is 12.8 Å². The summed E-state index contributed by atoms with van der Waals surface area (Å²) in [4.78, 5) is 27.0. The van der Waals surface area contributed by atoms with Gasteiger partial charge in [-0.1, -0.05) is 13.8 Å². The van der Waals surface area contributed by atoms with Gasteiger partial charge < -0.3 is 14.9 Å². The lowest BCUT2D eigenvalue weighted by molar-refractivity contribution is -0.142. The summed E-state index contributed by atoms with van der Waals surface area (Å²) < 4.78 is 0. The molecule has 0 spiro atoms. The number of hydrogen-bond donors (Lipinski definition) is 1. The van der Waals surface area contributed by atoms with Gasteiger partial charge in [0, 0.05) is 19.1 Å². The fourth-order valence-electron chi connectivity index (χ4n) is 2.56. The normalized spacial score (nSPS) is 25.0. The number of urea groups is 1. The highest BCUT2D eigenvalue weighted by atomic mass is 16.4. The number of carboxylic acids is 1. The van der Waals surface area contributed by atoms with E-state index in [1.54, 1.807) is 4.90 Å². The van der Waals surface area contributed by atoms with Gasteiger partial charge in [0.15, 0.2) is 0 Å². The van der Waals surface area contributed by atoms with Gasteiger partial charge in [0.05, 0.1) is 0 Å². The van der Waals surface area contributed by atoms with Crippen molar-refractivity contribution in [2.24, 2.45) is 5.92 Å². The SMILES string of the molecule is CCC(C)N(CC)C(=O)N1CCC(C)C1C(=O)O. The van der Waals surface area contributed by atoms with E-state index < -0.39 is 12.0 Å². The zero-order valence-corrected chi connectivity index (χ0v) is 11.7. The van der Waals surface area contributed by atoms with Gasteiger partial charge in [-0.25, -0.2) is 9.59 Å². The molecule has 0 bridgehead atoms. The van der Waals surface area contributed by atoms with Gasteiger partial charge in [-0.05, 0) is 32.6 Å². The maximum atomic E-state index is 12.4. The zero-order chi connectivity index (χ0) is 13.9. The standard InChI is InChI=1S/C13H24N2O3/c1-5-10(4)14(6-2)13(18)15-8-7-9(3)11(15)12(16)17/h9-11H,5-8H2,1-4H3,(H,16,17). The highest BCUT2D eigenvalue weighted by Gasteiger charge is 2.41. The van der Waals surface area contributed by atoms with Gasteiger partial charge >= 0.3 is 12.0 Å². The molecule has 1 saturated heterocycles. The number of hydrogen-bond acceptors (Lipinski definition) is 2. The first-order valence-electron chi connectivity index (χ1n) is 6.74. The van der Waals surface area contributed by atoms with Gasteiger partial charge in [-0.3, -0.25) is 0 Å². The van der Waals surface area contributed by atoms with Crippen LogP contribution in [0.3, 0.4) is 0 Å². The van der Waals surface area contributed by atoms with E-state index in [4.69, 9.17) is 0 Å². The molecule has 1 rings (SSSR count). The molecule has 0 aromatic rings. The Balaban J connectivity index is 2.85. The number of carbonyl (C=O) groups is 2. The van der Waals surface area contributed by atoms with Crippen molar-refractivity contribution in [2.45, 2.75) is 52.6 Å². The molecule has 1 N–H and O–H groups in total. The second-order valence-corrected chi connectivity index (χ2v) is 5.07. The number of nitrogens with zero attached hydrogens (tertiary/aromatic N) is 2. The van der Waals surface area contributed by atoms with Crippen LogP contribution in [0.15, 0.2) is 0 Å². The first-order chi connectivity index (χ1) is 8.43. The zero-order valence-electron chi connectivity index (χ0n) is 11.7. The van der Waals surface area contributed by atoms with Crippen LogP contribution in [0.1, 0.15) is 40.5 Å². The molecule has 18 heavy (non-hydrogen) atoms. The molecule has 5 nitrogen and oxygen atoms in total. The van der Waals surface area contributed by atoms with Gasteiger partial charge in [-0.2, -0.15) is 0 Å². The van der Waals surface area contributed by atoms with E-state index in [-0.39, 0.29) is 18.0 Å². The van der Waals surface area contributed by atoms with Crippen LogP contribution in [0.25, 0.3) is 0 Å². The summed E-state index contributed by atoms with van der Waals surface area (Å²) in [5.41, 5.74) is 0. The lowest BCUT2D eigenvalue weighted by Crippen LogP contribution is -2.51. The minimum atomic E-state index is -0.895. The quantitative estimate of drug-likeness (QED) is 0.837. The average Bonchev–Trinajstić information content (AvgIpc) is 2.71. The van der Waals surface area contributed by atoms with Crippen molar-refractivity contribution in [3.05, 3.63) is 0 Å². The number of aliphatic carboxylic acids is 1. The van der Waals surface area contributed by atoms with Crippen LogP contribution >= 0.6 is 0 Å². The molecule has 0 aromatic carbocycles. The summed E-state index contributed by atoms with van der Waals surface area (Å²) in [6.07, 6.45) is 1.64. The predicted octanol–water partition coefficient (Wildman–Crippen LogP) is 2.02. The lowest BCUT2D eigenvalue weighted by Gasteiger charge is -2.33. The summed E-state index contributed by atoms with van der Waals surface area (Å²) in [7, 11) is 0. The molecule has 1 fully saturated rings. The molecular weight excluding hydrogens is 232 g/mol. The highest BCUT2D eigenvalue weighted by Crippen LogP contribution is 2.26. The van der Waals surface area contributed by atoms with E-state index in [2.05, 4.69) is 0 Å². The van der Waals surface area contributed by atoms with Crippen molar-refractivity contribution in [1.29, 1.82) is 0 Å². The molecular formula is C13H24N2O3. The summed E-state index contributed by atoms with van der Waals surface area (Å²) >= 11 is 0. The van der Waals surface area contributed by atoms with Crippen molar-refractivity contribution in [1.82, 2.24) is 9.80 Å². The topological polar surface area (TPSA) is 60.9 Å². The van der Waals surface area contributed by atoms with Gasteiger partial charge in [0.25, 0.3) is 0 Å². The molecule has 3 atom stereocenters. The molecule has 1 aliphatic rings. The monoisotopic (exact) mass is 256 g/mol. The molecule has 0 aromatic heterocycles. The fraction of sp³-hybridized carbons (Fsp3) is 0.846. The van der Waals surface area contributed by atoms with E-state index in [1.165, 1.54) is 4.90 Å². The second kappa shape index (κ2) is 6.07. The number of rotatable bonds is 4. The molecule has 5 heteroatoms. The largest absolute Gasteiger partial charge is 0.480 e. The van der Waals surface area contributed by atoms with Crippen LogP contribution in [0.2, 0.25) is 0 Å². The molecule has 1 heterocycles. The smallest absolute Gasteiger partial charge is 0.326 e. The van der Waals surface area contributed by atoms with Crippen LogP contribution in [0.4, 0.5) is 4.79 Å². The minimum Gasteiger partial charge on any atom is -0.480 e. The van der Waals surface area contributed by atoms with Crippen LogP contribution in [-0.2, 0) is 4.79 Å².